The molecule has 4 rings (SSSR count). The summed E-state index contributed by atoms with van der Waals surface area (Å²) in [7, 11) is 1.42. The predicted octanol–water partition coefficient (Wildman–Crippen LogP) is 2.28. The highest BCUT2D eigenvalue weighted by molar-refractivity contribution is 6.39. The first kappa shape index (κ1) is 21.0. The lowest BCUT2D eigenvalue weighted by Gasteiger charge is -2.29. The van der Waals surface area contributed by atoms with Crippen LogP contribution in [-0.4, -0.2) is 37.9 Å². The molecule has 31 heavy (non-hydrogen) atoms. The highest BCUT2D eigenvalue weighted by Gasteiger charge is 2.33. The number of carbonyl (C=O) groups is 3. The molecule has 7 nitrogen and oxygen atoms in total. The van der Waals surface area contributed by atoms with Crippen molar-refractivity contribution in [2.75, 3.05) is 30.4 Å². The number of nitrogens with zero attached hydrogens (tertiary/aromatic N) is 1. The molecular weight excluding hydrogens is 401 g/mol. The van der Waals surface area contributed by atoms with E-state index in [9.17, 15) is 18.8 Å². The lowest BCUT2D eigenvalue weighted by molar-refractivity contribution is -0.137. The van der Waals surface area contributed by atoms with Crippen LogP contribution in [0.4, 0.5) is 15.8 Å². The van der Waals surface area contributed by atoms with Gasteiger partial charge in [0.15, 0.2) is 0 Å². The second kappa shape index (κ2) is 8.11. The number of ether oxygens (including phenoxy) is 1. The topological polar surface area (TPSA) is 87.7 Å². The van der Waals surface area contributed by atoms with Crippen LogP contribution in [-0.2, 0) is 37.6 Å². The molecule has 0 aliphatic carbocycles. The maximum absolute atomic E-state index is 14.2. The summed E-state index contributed by atoms with van der Waals surface area (Å²) in [5, 5.41) is 5.13. The fourth-order valence-corrected chi connectivity index (χ4v) is 4.24. The summed E-state index contributed by atoms with van der Waals surface area (Å²) in [6.07, 6.45) is 1.98. The Kier molecular flexibility index (Phi) is 5.49. The molecule has 0 saturated carbocycles. The van der Waals surface area contributed by atoms with Crippen molar-refractivity contribution in [3.8, 4) is 0 Å². The average molecular weight is 425 g/mol. The quantitative estimate of drug-likeness (QED) is 0.720. The van der Waals surface area contributed by atoms with Crippen LogP contribution < -0.4 is 15.5 Å². The molecule has 0 spiro atoms. The normalized spacial score (nSPS) is 16.5. The Morgan fingerprint density at radius 3 is 2.68 bits per heavy atom. The van der Waals surface area contributed by atoms with Crippen molar-refractivity contribution in [2.24, 2.45) is 0 Å². The van der Waals surface area contributed by atoms with Gasteiger partial charge in [-0.05, 0) is 49.1 Å². The van der Waals surface area contributed by atoms with Crippen molar-refractivity contribution in [1.29, 1.82) is 0 Å². The zero-order valence-corrected chi connectivity index (χ0v) is 17.5. The van der Waals surface area contributed by atoms with Crippen LogP contribution in [0.3, 0.4) is 0 Å². The SMILES string of the molecule is COC(C)(CNC(=O)C(=O)Nc1cc2c3c(c1)CC(=O)N3CCC2)c1ccccc1F. The van der Waals surface area contributed by atoms with Gasteiger partial charge in [-0.2, -0.15) is 0 Å². The van der Waals surface area contributed by atoms with E-state index >= 15 is 0 Å². The third-order valence-corrected chi connectivity index (χ3v) is 5.95. The Morgan fingerprint density at radius 2 is 1.94 bits per heavy atom. The maximum atomic E-state index is 14.2. The number of amides is 3. The van der Waals surface area contributed by atoms with Crippen LogP contribution in [0.1, 0.15) is 30.0 Å². The minimum absolute atomic E-state index is 0.0594. The van der Waals surface area contributed by atoms with Gasteiger partial charge in [-0.15, -0.1) is 0 Å². The Hall–Kier alpha value is -3.26. The van der Waals surface area contributed by atoms with Gasteiger partial charge in [-0.1, -0.05) is 18.2 Å². The van der Waals surface area contributed by atoms with Gasteiger partial charge in [-0.25, -0.2) is 4.39 Å². The van der Waals surface area contributed by atoms with Gasteiger partial charge in [-0.3, -0.25) is 14.4 Å². The third kappa shape index (κ3) is 3.90. The van der Waals surface area contributed by atoms with E-state index in [1.807, 2.05) is 6.07 Å². The number of methoxy groups -OCH3 is 1. The summed E-state index contributed by atoms with van der Waals surface area (Å²) in [5.41, 5.74) is 2.43. The molecule has 2 aliphatic rings. The zero-order valence-electron chi connectivity index (χ0n) is 17.5. The summed E-state index contributed by atoms with van der Waals surface area (Å²) < 4.78 is 19.6. The van der Waals surface area contributed by atoms with Crippen LogP contribution in [0.5, 0.6) is 0 Å². The second-order valence-corrected chi connectivity index (χ2v) is 8.02. The van der Waals surface area contributed by atoms with Crippen molar-refractivity contribution in [3.05, 3.63) is 58.9 Å². The molecular formula is C23H24FN3O4. The summed E-state index contributed by atoms with van der Waals surface area (Å²) in [6.45, 7) is 2.26. The van der Waals surface area contributed by atoms with Crippen molar-refractivity contribution < 1.29 is 23.5 Å². The molecule has 1 unspecified atom stereocenters. The van der Waals surface area contributed by atoms with Crippen molar-refractivity contribution >= 4 is 29.1 Å². The monoisotopic (exact) mass is 425 g/mol. The van der Waals surface area contributed by atoms with Crippen LogP contribution in [0.25, 0.3) is 0 Å². The third-order valence-electron chi connectivity index (χ3n) is 5.95. The minimum atomic E-state index is -1.14. The van der Waals surface area contributed by atoms with Gasteiger partial charge in [0.05, 0.1) is 18.7 Å². The highest BCUT2D eigenvalue weighted by atomic mass is 19.1. The first-order valence-electron chi connectivity index (χ1n) is 10.2. The van der Waals surface area contributed by atoms with Gasteiger partial charge in [0.1, 0.15) is 11.4 Å². The minimum Gasteiger partial charge on any atom is -0.372 e. The Labute approximate surface area is 179 Å². The standard InChI is InChI=1S/C23H24FN3O4/c1-23(31-2,17-7-3-4-8-18(17)24)13-25-21(29)22(30)26-16-10-14-6-5-9-27-19(28)12-15(11-16)20(14)27/h3-4,7-8,10-11H,5-6,9,12-13H2,1-2H3,(H,25,29)(H,26,30). The second-order valence-electron chi connectivity index (χ2n) is 8.02. The van der Waals surface area contributed by atoms with Crippen LogP contribution in [0.15, 0.2) is 36.4 Å². The molecule has 2 aliphatic heterocycles. The molecule has 1 atom stereocenters. The van der Waals surface area contributed by atoms with Gasteiger partial charge in [0.25, 0.3) is 0 Å². The molecule has 0 radical (unpaired) electrons. The molecule has 2 N–H and O–H groups in total. The van der Waals surface area contributed by atoms with Gasteiger partial charge < -0.3 is 20.3 Å². The first-order chi connectivity index (χ1) is 14.8. The van der Waals surface area contributed by atoms with Crippen LogP contribution in [0, 0.1) is 5.82 Å². The van der Waals surface area contributed by atoms with E-state index in [4.69, 9.17) is 4.74 Å². The van der Waals surface area contributed by atoms with E-state index in [-0.39, 0.29) is 18.0 Å². The zero-order chi connectivity index (χ0) is 22.2. The Balaban J connectivity index is 1.44. The van der Waals surface area contributed by atoms with Crippen LogP contribution >= 0.6 is 0 Å². The van der Waals surface area contributed by atoms with E-state index in [0.717, 1.165) is 29.7 Å². The summed E-state index contributed by atoms with van der Waals surface area (Å²) in [4.78, 5) is 38.8. The fraction of sp³-hybridized carbons (Fsp3) is 0.348. The lowest BCUT2D eigenvalue weighted by Crippen LogP contribution is -2.44. The van der Waals surface area contributed by atoms with Gasteiger partial charge >= 0.3 is 11.8 Å². The number of hydrogen-bond donors (Lipinski definition) is 2. The lowest BCUT2D eigenvalue weighted by atomic mass is 9.95. The Bertz CT molecular complexity index is 1070. The van der Waals surface area contributed by atoms with Gasteiger partial charge in [0.2, 0.25) is 5.91 Å². The molecule has 0 bridgehead atoms. The molecule has 2 aromatic carbocycles. The van der Waals surface area contributed by atoms with E-state index in [2.05, 4.69) is 10.6 Å². The fourth-order valence-electron chi connectivity index (χ4n) is 4.24. The summed E-state index contributed by atoms with van der Waals surface area (Å²) in [6, 6.07) is 9.69. The number of nitrogens with one attached hydrogen (secondary N) is 2. The first-order valence-corrected chi connectivity index (χ1v) is 10.2. The number of halogens is 1. The van der Waals surface area contributed by atoms with E-state index in [1.54, 1.807) is 36.1 Å². The summed E-state index contributed by atoms with van der Waals surface area (Å²) >= 11 is 0. The molecule has 162 valence electrons. The number of carbonyl (C=O) groups excluding carboxylic acids is 3. The van der Waals surface area contributed by atoms with E-state index in [0.29, 0.717) is 18.7 Å². The number of anilines is 2. The van der Waals surface area contributed by atoms with Crippen molar-refractivity contribution in [2.45, 2.75) is 31.8 Å². The molecule has 3 amide bonds. The predicted molar refractivity (Wildman–Crippen MR) is 113 cm³/mol. The van der Waals surface area contributed by atoms with Crippen molar-refractivity contribution in [1.82, 2.24) is 5.32 Å². The molecule has 2 heterocycles. The molecule has 0 aromatic heterocycles. The van der Waals surface area contributed by atoms with Crippen LogP contribution in [0.2, 0.25) is 0 Å². The molecule has 0 fully saturated rings. The molecule has 8 heteroatoms. The molecule has 0 saturated heterocycles. The van der Waals surface area contributed by atoms with Gasteiger partial charge in [0, 0.05) is 24.9 Å². The average Bonchev–Trinajstić information content (AvgIpc) is 3.08. The maximum Gasteiger partial charge on any atom is 0.313 e. The largest absolute Gasteiger partial charge is 0.372 e. The highest BCUT2D eigenvalue weighted by Crippen LogP contribution is 2.38. The number of aryl methyl sites for hydroxylation is 1. The van der Waals surface area contributed by atoms with Crippen molar-refractivity contribution in [3.63, 3.8) is 0 Å². The Morgan fingerprint density at radius 1 is 1.19 bits per heavy atom. The summed E-state index contributed by atoms with van der Waals surface area (Å²) in [5.74, 6) is -2.09. The number of rotatable bonds is 5. The molecule has 2 aromatic rings. The number of hydrogen-bond acceptors (Lipinski definition) is 4. The smallest absolute Gasteiger partial charge is 0.313 e. The number of benzene rings is 2. The van der Waals surface area contributed by atoms with E-state index in [1.165, 1.54) is 13.2 Å². The van der Waals surface area contributed by atoms with E-state index < -0.39 is 23.2 Å².